The Morgan fingerprint density at radius 1 is 1.13 bits per heavy atom. The monoisotopic (exact) mass is 443 g/mol. The van der Waals surface area contributed by atoms with E-state index < -0.39 is 10.0 Å². The Labute approximate surface area is 181 Å². The lowest BCUT2D eigenvalue weighted by Crippen LogP contribution is -2.48. The number of carbonyl (C=O) groups is 1. The molecule has 1 aliphatic rings. The summed E-state index contributed by atoms with van der Waals surface area (Å²) in [6, 6.07) is 13.1. The third-order valence-corrected chi connectivity index (χ3v) is 6.59. The Morgan fingerprint density at radius 3 is 2.45 bits per heavy atom. The summed E-state index contributed by atoms with van der Waals surface area (Å²) in [5.74, 6) is 0.433. The Balaban J connectivity index is 1.62. The van der Waals surface area contributed by atoms with Gasteiger partial charge in [-0.05, 0) is 50.2 Å². The fourth-order valence-electron chi connectivity index (χ4n) is 3.83. The van der Waals surface area contributed by atoms with E-state index in [0.29, 0.717) is 35.7 Å². The van der Waals surface area contributed by atoms with Crippen LogP contribution in [0, 0.1) is 0 Å². The number of H-pyrrole nitrogens is 1. The summed E-state index contributed by atoms with van der Waals surface area (Å²) in [5, 5.41) is 0.743. The minimum absolute atomic E-state index is 0.0380. The molecule has 2 heterocycles. The number of sulfonamides is 1. The average molecular weight is 444 g/mol. The molecule has 8 nitrogen and oxygen atoms in total. The molecule has 1 fully saturated rings. The van der Waals surface area contributed by atoms with Crippen LogP contribution in [0.2, 0.25) is 0 Å². The first-order chi connectivity index (χ1) is 14.8. The SMILES string of the molecule is COc1ccc(S(=O)(=O)Nc2cccc3cc(C(=O)N4CC(C)OC(C)C4)[nH]c23)cc1. The number of rotatable bonds is 5. The number of amides is 1. The van der Waals surface area contributed by atoms with Crippen molar-refractivity contribution >= 4 is 32.5 Å². The number of anilines is 1. The van der Waals surface area contributed by atoms with Gasteiger partial charge in [0.1, 0.15) is 11.4 Å². The number of aromatic nitrogens is 1. The van der Waals surface area contributed by atoms with Crippen LogP contribution in [0.5, 0.6) is 5.75 Å². The van der Waals surface area contributed by atoms with E-state index in [1.807, 2.05) is 19.9 Å². The standard InChI is InChI=1S/C22H25N3O5S/c1-14-12-25(13-15(2)30-14)22(26)20-11-16-5-4-6-19(21(16)23-20)24-31(27,28)18-9-7-17(29-3)8-10-18/h4-11,14-15,23-24H,12-13H2,1-3H3. The van der Waals surface area contributed by atoms with Crippen LogP contribution >= 0.6 is 0 Å². The average Bonchev–Trinajstić information content (AvgIpc) is 3.18. The van der Waals surface area contributed by atoms with Crippen molar-refractivity contribution in [2.75, 3.05) is 24.9 Å². The first-order valence-electron chi connectivity index (χ1n) is 10.00. The molecule has 164 valence electrons. The van der Waals surface area contributed by atoms with Crippen molar-refractivity contribution in [1.29, 1.82) is 0 Å². The summed E-state index contributed by atoms with van der Waals surface area (Å²) in [7, 11) is -2.29. The highest BCUT2D eigenvalue weighted by Gasteiger charge is 2.28. The number of nitrogens with one attached hydrogen (secondary N) is 2. The second-order valence-electron chi connectivity index (χ2n) is 7.70. The maximum absolute atomic E-state index is 13.0. The van der Waals surface area contributed by atoms with E-state index in [2.05, 4.69) is 9.71 Å². The van der Waals surface area contributed by atoms with Gasteiger partial charge >= 0.3 is 0 Å². The maximum Gasteiger partial charge on any atom is 0.270 e. The molecule has 0 bridgehead atoms. The van der Waals surface area contributed by atoms with Crippen molar-refractivity contribution < 1.29 is 22.7 Å². The zero-order chi connectivity index (χ0) is 22.2. The predicted molar refractivity (Wildman–Crippen MR) is 118 cm³/mol. The predicted octanol–water partition coefficient (Wildman–Crippen LogP) is 3.23. The topological polar surface area (TPSA) is 101 Å². The number of fused-ring (bicyclic) bond motifs is 1. The van der Waals surface area contributed by atoms with Crippen molar-refractivity contribution in [2.45, 2.75) is 31.0 Å². The van der Waals surface area contributed by atoms with Gasteiger partial charge in [-0.3, -0.25) is 9.52 Å². The van der Waals surface area contributed by atoms with Crippen LogP contribution in [-0.4, -0.2) is 56.6 Å². The van der Waals surface area contributed by atoms with Crippen LogP contribution in [0.3, 0.4) is 0 Å². The second-order valence-corrected chi connectivity index (χ2v) is 9.38. The lowest BCUT2D eigenvalue weighted by molar-refractivity contribution is -0.0587. The van der Waals surface area contributed by atoms with Gasteiger partial charge in [0.05, 0.1) is 35.4 Å². The first kappa shape index (κ1) is 21.2. The van der Waals surface area contributed by atoms with Crippen molar-refractivity contribution in [2.24, 2.45) is 0 Å². The number of hydrogen-bond acceptors (Lipinski definition) is 5. The quantitative estimate of drug-likeness (QED) is 0.631. The number of para-hydroxylation sites is 1. The molecule has 0 saturated carbocycles. The molecule has 3 aromatic rings. The minimum atomic E-state index is -3.81. The summed E-state index contributed by atoms with van der Waals surface area (Å²) in [5.41, 5.74) is 1.33. The van der Waals surface area contributed by atoms with E-state index in [1.54, 1.807) is 35.2 Å². The maximum atomic E-state index is 13.0. The minimum Gasteiger partial charge on any atom is -0.497 e. The van der Waals surface area contributed by atoms with Gasteiger partial charge < -0.3 is 19.4 Å². The van der Waals surface area contributed by atoms with E-state index in [-0.39, 0.29) is 23.0 Å². The second kappa shape index (κ2) is 8.24. The fraction of sp³-hybridized carbons (Fsp3) is 0.318. The van der Waals surface area contributed by atoms with Crippen molar-refractivity contribution in [3.05, 3.63) is 54.2 Å². The third-order valence-electron chi connectivity index (χ3n) is 5.21. The van der Waals surface area contributed by atoms with Gasteiger partial charge in [0.15, 0.2) is 0 Å². The molecule has 0 spiro atoms. The number of hydrogen-bond donors (Lipinski definition) is 2. The molecule has 2 unspecified atom stereocenters. The molecule has 0 radical (unpaired) electrons. The summed E-state index contributed by atoms with van der Waals surface area (Å²) < 4.78 is 39.1. The lowest BCUT2D eigenvalue weighted by Gasteiger charge is -2.35. The van der Waals surface area contributed by atoms with Crippen molar-refractivity contribution in [1.82, 2.24) is 9.88 Å². The molecule has 1 saturated heterocycles. The molecule has 31 heavy (non-hydrogen) atoms. The smallest absolute Gasteiger partial charge is 0.270 e. The molecule has 2 aromatic carbocycles. The van der Waals surface area contributed by atoms with Gasteiger partial charge in [0, 0.05) is 18.5 Å². The van der Waals surface area contributed by atoms with Gasteiger partial charge in [-0.1, -0.05) is 12.1 Å². The fourth-order valence-corrected chi connectivity index (χ4v) is 4.90. The Hall–Kier alpha value is -3.04. The Bertz CT molecular complexity index is 1190. The molecule has 0 aliphatic carbocycles. The Kier molecular flexibility index (Phi) is 5.63. The van der Waals surface area contributed by atoms with E-state index in [9.17, 15) is 13.2 Å². The number of ether oxygens (including phenoxy) is 2. The lowest BCUT2D eigenvalue weighted by atomic mass is 10.2. The molecule has 2 atom stereocenters. The summed E-state index contributed by atoms with van der Waals surface area (Å²) in [6.07, 6.45) is -0.0760. The van der Waals surface area contributed by atoms with Gasteiger partial charge in [0.25, 0.3) is 15.9 Å². The number of morpholine rings is 1. The molecule has 9 heteroatoms. The molecule has 1 aromatic heterocycles. The number of nitrogens with zero attached hydrogens (tertiary/aromatic N) is 1. The first-order valence-corrected chi connectivity index (χ1v) is 11.5. The highest BCUT2D eigenvalue weighted by Crippen LogP contribution is 2.27. The third kappa shape index (κ3) is 4.38. The highest BCUT2D eigenvalue weighted by atomic mass is 32.2. The molecule has 1 aliphatic heterocycles. The van der Waals surface area contributed by atoms with Crippen molar-refractivity contribution in [3.63, 3.8) is 0 Å². The van der Waals surface area contributed by atoms with E-state index in [4.69, 9.17) is 9.47 Å². The number of carbonyl (C=O) groups excluding carboxylic acids is 1. The van der Waals surface area contributed by atoms with Crippen LogP contribution < -0.4 is 9.46 Å². The highest BCUT2D eigenvalue weighted by molar-refractivity contribution is 7.92. The zero-order valence-corrected chi connectivity index (χ0v) is 18.4. The van der Waals surface area contributed by atoms with Gasteiger partial charge in [-0.25, -0.2) is 8.42 Å². The molecular weight excluding hydrogens is 418 g/mol. The molecule has 2 N–H and O–H groups in total. The van der Waals surface area contributed by atoms with Crippen LogP contribution in [0.15, 0.2) is 53.4 Å². The Morgan fingerprint density at radius 2 is 1.81 bits per heavy atom. The van der Waals surface area contributed by atoms with Crippen LogP contribution in [0.4, 0.5) is 5.69 Å². The molecule has 4 rings (SSSR count). The van der Waals surface area contributed by atoms with Crippen LogP contribution in [0.1, 0.15) is 24.3 Å². The molecular formula is C22H25N3O5S. The zero-order valence-electron chi connectivity index (χ0n) is 17.6. The largest absolute Gasteiger partial charge is 0.497 e. The van der Waals surface area contributed by atoms with Crippen LogP contribution in [-0.2, 0) is 14.8 Å². The molecule has 1 amide bonds. The van der Waals surface area contributed by atoms with Crippen molar-refractivity contribution in [3.8, 4) is 5.75 Å². The van der Waals surface area contributed by atoms with E-state index >= 15 is 0 Å². The van der Waals surface area contributed by atoms with Gasteiger partial charge in [-0.15, -0.1) is 0 Å². The number of methoxy groups -OCH3 is 1. The van der Waals surface area contributed by atoms with Gasteiger partial charge in [0.2, 0.25) is 0 Å². The number of aromatic amines is 1. The summed E-state index contributed by atoms with van der Waals surface area (Å²) >= 11 is 0. The van der Waals surface area contributed by atoms with E-state index in [0.717, 1.165) is 5.39 Å². The van der Waals surface area contributed by atoms with Gasteiger partial charge in [-0.2, -0.15) is 0 Å². The van der Waals surface area contributed by atoms with Crippen LogP contribution in [0.25, 0.3) is 10.9 Å². The summed E-state index contributed by atoms with van der Waals surface area (Å²) in [4.78, 5) is 18.0. The number of benzene rings is 2. The van der Waals surface area contributed by atoms with E-state index in [1.165, 1.54) is 19.2 Å². The summed E-state index contributed by atoms with van der Waals surface area (Å²) in [6.45, 7) is 4.89. The normalized spacial score (nSPS) is 19.4.